The van der Waals surface area contributed by atoms with Crippen molar-refractivity contribution in [1.82, 2.24) is 0 Å². The van der Waals surface area contributed by atoms with Crippen LogP contribution in [0.5, 0.6) is 0 Å². The molecular formula is C10H15IO3. The van der Waals surface area contributed by atoms with Crippen LogP contribution in [0.2, 0.25) is 0 Å². The second kappa shape index (κ2) is 2.31. The number of hydrogen-bond donors (Lipinski definition) is 3. The summed E-state index contributed by atoms with van der Waals surface area (Å²) in [5.74, 6) is 0. The van der Waals surface area contributed by atoms with Crippen LogP contribution in [-0.4, -0.2) is 35.5 Å². The van der Waals surface area contributed by atoms with Gasteiger partial charge in [0.1, 0.15) is 0 Å². The molecule has 0 heterocycles. The summed E-state index contributed by atoms with van der Waals surface area (Å²) in [6, 6.07) is 0. The molecule has 0 spiro atoms. The molecule has 4 fully saturated rings. The van der Waals surface area contributed by atoms with Crippen LogP contribution in [0.25, 0.3) is 0 Å². The van der Waals surface area contributed by atoms with Crippen LogP contribution in [-0.2, 0) is 0 Å². The van der Waals surface area contributed by atoms with E-state index in [2.05, 4.69) is 22.6 Å². The molecule has 3 N–H and O–H groups in total. The van der Waals surface area contributed by atoms with Gasteiger partial charge in [-0.25, -0.2) is 0 Å². The van der Waals surface area contributed by atoms with Gasteiger partial charge >= 0.3 is 0 Å². The van der Waals surface area contributed by atoms with Crippen molar-refractivity contribution in [3.8, 4) is 0 Å². The van der Waals surface area contributed by atoms with Gasteiger partial charge in [-0.15, -0.1) is 0 Å². The van der Waals surface area contributed by atoms with Crippen LogP contribution in [0.1, 0.15) is 38.5 Å². The standard InChI is InChI=1S/C10H15IO3/c11-7-1-8(12)4-9(13,2-7)6-10(14,3-7)5-8/h12-14H,1-6H2. The van der Waals surface area contributed by atoms with Gasteiger partial charge in [0.05, 0.1) is 16.8 Å². The zero-order chi connectivity index (χ0) is 10.2. The second-order valence-electron chi connectivity index (χ2n) is 5.88. The minimum atomic E-state index is -0.820. The van der Waals surface area contributed by atoms with E-state index in [4.69, 9.17) is 0 Å². The maximum absolute atomic E-state index is 10.3. The SMILES string of the molecule is OC12CC3(O)CC(O)(C1)CC(I)(C2)C3. The first kappa shape index (κ1) is 9.81. The molecule has 0 aliphatic heterocycles. The molecule has 0 aromatic rings. The van der Waals surface area contributed by atoms with Gasteiger partial charge in [-0.1, -0.05) is 22.6 Å². The van der Waals surface area contributed by atoms with Gasteiger partial charge < -0.3 is 15.3 Å². The second-order valence-corrected chi connectivity index (χ2v) is 8.17. The highest BCUT2D eigenvalue weighted by Gasteiger charge is 2.66. The first-order chi connectivity index (χ1) is 6.24. The smallest absolute Gasteiger partial charge is 0.0715 e. The van der Waals surface area contributed by atoms with Crippen molar-refractivity contribution in [1.29, 1.82) is 0 Å². The van der Waals surface area contributed by atoms with Crippen molar-refractivity contribution in [2.75, 3.05) is 0 Å². The molecule has 3 nitrogen and oxygen atoms in total. The van der Waals surface area contributed by atoms with Crippen LogP contribution < -0.4 is 0 Å². The molecule has 4 bridgehead atoms. The molecule has 0 radical (unpaired) electrons. The lowest BCUT2D eigenvalue weighted by atomic mass is 9.50. The molecule has 4 saturated carbocycles. The summed E-state index contributed by atoms with van der Waals surface area (Å²) in [6.07, 6.45) is 3.54. The van der Waals surface area contributed by atoms with Gasteiger partial charge in [-0.2, -0.15) is 0 Å². The Morgan fingerprint density at radius 1 is 0.643 bits per heavy atom. The van der Waals surface area contributed by atoms with Gasteiger partial charge in [0.2, 0.25) is 0 Å². The van der Waals surface area contributed by atoms with E-state index >= 15 is 0 Å². The van der Waals surface area contributed by atoms with Crippen molar-refractivity contribution in [2.24, 2.45) is 0 Å². The van der Waals surface area contributed by atoms with Crippen LogP contribution >= 0.6 is 22.6 Å². The fourth-order valence-electron chi connectivity index (χ4n) is 4.36. The Hall–Kier alpha value is 0.610. The van der Waals surface area contributed by atoms with E-state index in [0.717, 1.165) is 19.3 Å². The van der Waals surface area contributed by atoms with Gasteiger partial charge in [-0.05, 0) is 19.3 Å². The van der Waals surface area contributed by atoms with E-state index in [-0.39, 0.29) is 3.42 Å². The van der Waals surface area contributed by atoms with Gasteiger partial charge in [0.25, 0.3) is 0 Å². The lowest BCUT2D eigenvalue weighted by Gasteiger charge is -2.64. The molecular weight excluding hydrogens is 295 g/mol. The molecule has 0 saturated heterocycles. The maximum atomic E-state index is 10.3. The Bertz CT molecular complexity index is 208. The fourth-order valence-corrected chi connectivity index (χ4v) is 6.49. The molecule has 80 valence electrons. The lowest BCUT2D eigenvalue weighted by Crippen LogP contribution is -2.70. The van der Waals surface area contributed by atoms with E-state index in [1.807, 2.05) is 0 Å². The molecule has 0 unspecified atom stereocenters. The third-order valence-corrected chi connectivity index (χ3v) is 5.06. The molecule has 0 amide bonds. The molecule has 0 aromatic heterocycles. The van der Waals surface area contributed by atoms with Crippen molar-refractivity contribution >= 4 is 22.6 Å². The molecule has 4 aliphatic rings. The molecule has 0 aromatic carbocycles. The normalized spacial score (nSPS) is 66.0. The highest BCUT2D eigenvalue weighted by molar-refractivity contribution is 14.1. The number of alkyl halides is 1. The van der Waals surface area contributed by atoms with Gasteiger partial charge in [0, 0.05) is 22.7 Å². The minimum Gasteiger partial charge on any atom is -0.390 e. The van der Waals surface area contributed by atoms with E-state index < -0.39 is 16.8 Å². The fraction of sp³-hybridized carbons (Fsp3) is 1.00. The minimum absolute atomic E-state index is 0.0925. The van der Waals surface area contributed by atoms with Gasteiger partial charge in [0.15, 0.2) is 0 Å². The predicted octanol–water partition coefficient (Wildman–Crippen LogP) is 0.735. The predicted molar refractivity (Wildman–Crippen MR) is 59.3 cm³/mol. The van der Waals surface area contributed by atoms with Gasteiger partial charge in [-0.3, -0.25) is 0 Å². The summed E-state index contributed by atoms with van der Waals surface area (Å²) in [6.45, 7) is 0. The Morgan fingerprint density at radius 2 is 0.929 bits per heavy atom. The lowest BCUT2D eigenvalue weighted by molar-refractivity contribution is -0.242. The quantitative estimate of drug-likeness (QED) is 0.457. The third-order valence-electron chi connectivity index (χ3n) is 3.91. The Kier molecular flexibility index (Phi) is 1.62. The topological polar surface area (TPSA) is 60.7 Å². The highest BCUT2D eigenvalue weighted by atomic mass is 127. The number of halogens is 1. The molecule has 4 heteroatoms. The molecule has 4 aliphatic carbocycles. The molecule has 14 heavy (non-hydrogen) atoms. The van der Waals surface area contributed by atoms with Crippen LogP contribution in [0.15, 0.2) is 0 Å². The summed E-state index contributed by atoms with van der Waals surface area (Å²) < 4.78 is -0.0925. The molecule has 0 atom stereocenters. The van der Waals surface area contributed by atoms with E-state index in [0.29, 0.717) is 19.3 Å². The summed E-state index contributed by atoms with van der Waals surface area (Å²) in [7, 11) is 0. The van der Waals surface area contributed by atoms with Crippen molar-refractivity contribution in [2.45, 2.75) is 58.7 Å². The van der Waals surface area contributed by atoms with Crippen molar-refractivity contribution in [3.05, 3.63) is 0 Å². The maximum Gasteiger partial charge on any atom is 0.0715 e. The monoisotopic (exact) mass is 310 g/mol. The largest absolute Gasteiger partial charge is 0.390 e. The Balaban J connectivity index is 2.08. The van der Waals surface area contributed by atoms with Crippen molar-refractivity contribution in [3.63, 3.8) is 0 Å². The summed E-state index contributed by atoms with van der Waals surface area (Å²) in [5, 5.41) is 30.8. The first-order valence-corrected chi connectivity index (χ1v) is 6.18. The zero-order valence-electron chi connectivity index (χ0n) is 7.96. The van der Waals surface area contributed by atoms with Crippen LogP contribution in [0.4, 0.5) is 0 Å². The third kappa shape index (κ3) is 1.27. The average Bonchev–Trinajstić information content (AvgIpc) is 1.67. The van der Waals surface area contributed by atoms with Crippen LogP contribution in [0.3, 0.4) is 0 Å². The first-order valence-electron chi connectivity index (χ1n) is 5.10. The highest BCUT2D eigenvalue weighted by Crippen LogP contribution is 2.63. The average molecular weight is 310 g/mol. The number of hydrogen-bond acceptors (Lipinski definition) is 3. The van der Waals surface area contributed by atoms with Crippen LogP contribution in [0, 0.1) is 0 Å². The number of aliphatic hydroxyl groups is 3. The Morgan fingerprint density at radius 3 is 1.14 bits per heavy atom. The van der Waals surface area contributed by atoms with E-state index in [1.165, 1.54) is 0 Å². The van der Waals surface area contributed by atoms with Crippen molar-refractivity contribution < 1.29 is 15.3 Å². The summed E-state index contributed by atoms with van der Waals surface area (Å²) >= 11 is 2.32. The summed E-state index contributed by atoms with van der Waals surface area (Å²) in [4.78, 5) is 0. The Labute approximate surface area is 96.7 Å². The summed E-state index contributed by atoms with van der Waals surface area (Å²) in [5.41, 5.74) is -2.46. The number of rotatable bonds is 0. The zero-order valence-corrected chi connectivity index (χ0v) is 10.1. The molecule has 4 rings (SSSR count). The van der Waals surface area contributed by atoms with E-state index in [1.54, 1.807) is 0 Å². The van der Waals surface area contributed by atoms with E-state index in [9.17, 15) is 15.3 Å².